The lowest BCUT2D eigenvalue weighted by atomic mass is 10.2. The van der Waals surface area contributed by atoms with Gasteiger partial charge in [0.1, 0.15) is 0 Å². The summed E-state index contributed by atoms with van der Waals surface area (Å²) < 4.78 is 5.00. The molecule has 0 N–H and O–H groups in total. The zero-order valence-corrected chi connectivity index (χ0v) is 17.3. The van der Waals surface area contributed by atoms with Crippen molar-refractivity contribution in [3.63, 3.8) is 0 Å². The number of hydrogen-bond acceptors (Lipinski definition) is 6. The molecule has 0 spiro atoms. The Kier molecular flexibility index (Phi) is 7.03. The van der Waals surface area contributed by atoms with Crippen molar-refractivity contribution in [1.82, 2.24) is 9.88 Å². The third kappa shape index (κ3) is 5.79. The van der Waals surface area contributed by atoms with Crippen LogP contribution in [0.25, 0.3) is 0 Å². The number of amides is 1. The van der Waals surface area contributed by atoms with Gasteiger partial charge >= 0.3 is 5.97 Å². The molecule has 2 aromatic rings. The Morgan fingerprint density at radius 2 is 1.71 bits per heavy atom. The SMILES string of the molecule is CC(=O)OCCc1ccc(CCc2ccc(N3CCN(C(C)=O)CC3)cn2)s1. The summed E-state index contributed by atoms with van der Waals surface area (Å²) in [5.41, 5.74) is 2.21. The molecule has 1 fully saturated rings. The standard InChI is InChI=1S/C21H27N3O3S/c1-16(25)23-10-12-24(13-11-23)19-5-3-18(22-15-19)4-6-20-7-8-21(28-20)9-14-27-17(2)26/h3,5,7-8,15H,4,6,9-14H2,1-2H3. The number of thiophene rings is 1. The fraction of sp³-hybridized carbons (Fsp3) is 0.476. The number of aryl methyl sites for hydroxylation is 2. The lowest BCUT2D eigenvalue weighted by molar-refractivity contribution is -0.140. The van der Waals surface area contributed by atoms with E-state index in [1.807, 2.05) is 11.1 Å². The van der Waals surface area contributed by atoms with Crippen molar-refractivity contribution in [2.45, 2.75) is 33.1 Å². The van der Waals surface area contributed by atoms with Gasteiger partial charge in [0.25, 0.3) is 0 Å². The highest BCUT2D eigenvalue weighted by Gasteiger charge is 2.18. The number of carbonyl (C=O) groups excluding carboxylic acids is 2. The van der Waals surface area contributed by atoms with Crippen LogP contribution in [-0.2, 0) is 33.6 Å². The lowest BCUT2D eigenvalue weighted by Crippen LogP contribution is -2.48. The largest absolute Gasteiger partial charge is 0.465 e. The fourth-order valence-corrected chi connectivity index (χ4v) is 4.27. The molecule has 2 aromatic heterocycles. The third-order valence-electron chi connectivity index (χ3n) is 4.90. The molecule has 0 bridgehead atoms. The van der Waals surface area contributed by atoms with Crippen LogP contribution < -0.4 is 4.90 Å². The molecule has 28 heavy (non-hydrogen) atoms. The minimum atomic E-state index is -0.230. The number of rotatable bonds is 7. The summed E-state index contributed by atoms with van der Waals surface area (Å²) in [6, 6.07) is 8.49. The van der Waals surface area contributed by atoms with Crippen molar-refractivity contribution in [3.8, 4) is 0 Å². The van der Waals surface area contributed by atoms with Crippen LogP contribution in [0, 0.1) is 0 Å². The molecule has 1 saturated heterocycles. The summed E-state index contributed by atoms with van der Waals surface area (Å²) in [5, 5.41) is 0. The van der Waals surface area contributed by atoms with Gasteiger partial charge in [-0.3, -0.25) is 14.6 Å². The van der Waals surface area contributed by atoms with E-state index in [1.165, 1.54) is 16.7 Å². The van der Waals surface area contributed by atoms with Gasteiger partial charge in [0, 0.05) is 61.9 Å². The van der Waals surface area contributed by atoms with Crippen molar-refractivity contribution >= 4 is 28.9 Å². The van der Waals surface area contributed by atoms with E-state index in [9.17, 15) is 9.59 Å². The number of piperazine rings is 1. The van der Waals surface area contributed by atoms with Gasteiger partial charge < -0.3 is 14.5 Å². The lowest BCUT2D eigenvalue weighted by Gasteiger charge is -2.35. The van der Waals surface area contributed by atoms with E-state index in [2.05, 4.69) is 34.1 Å². The van der Waals surface area contributed by atoms with Crippen molar-refractivity contribution in [3.05, 3.63) is 45.9 Å². The molecule has 0 radical (unpaired) electrons. The molecule has 150 valence electrons. The normalized spacial score (nSPS) is 14.2. The molecule has 0 unspecified atom stereocenters. The molecular formula is C21H27N3O3S. The Balaban J connectivity index is 1.45. The molecule has 0 saturated carbocycles. The number of nitrogens with zero attached hydrogens (tertiary/aromatic N) is 3. The van der Waals surface area contributed by atoms with Crippen LogP contribution in [0.15, 0.2) is 30.5 Å². The van der Waals surface area contributed by atoms with Crippen LogP contribution in [0.1, 0.15) is 29.3 Å². The van der Waals surface area contributed by atoms with E-state index in [0.717, 1.165) is 56.8 Å². The predicted molar refractivity (Wildman–Crippen MR) is 111 cm³/mol. The minimum absolute atomic E-state index is 0.149. The second kappa shape index (κ2) is 9.68. The first-order valence-electron chi connectivity index (χ1n) is 9.67. The first kappa shape index (κ1) is 20.3. The van der Waals surface area contributed by atoms with E-state index in [4.69, 9.17) is 4.74 Å². The summed E-state index contributed by atoms with van der Waals surface area (Å²) >= 11 is 1.77. The minimum Gasteiger partial charge on any atom is -0.465 e. The zero-order valence-electron chi connectivity index (χ0n) is 16.5. The second-order valence-electron chi connectivity index (χ2n) is 6.96. The number of esters is 1. The Bertz CT molecular complexity index is 795. The molecule has 0 aromatic carbocycles. The van der Waals surface area contributed by atoms with Gasteiger partial charge in [-0.15, -0.1) is 11.3 Å². The Hall–Kier alpha value is -2.41. The van der Waals surface area contributed by atoms with Gasteiger partial charge in [-0.25, -0.2) is 0 Å². The van der Waals surface area contributed by atoms with Gasteiger partial charge in [-0.2, -0.15) is 0 Å². The molecule has 1 amide bonds. The molecule has 1 aliphatic heterocycles. The first-order valence-corrected chi connectivity index (χ1v) is 10.5. The van der Waals surface area contributed by atoms with Gasteiger partial charge in [0.15, 0.2) is 0 Å². The summed E-state index contributed by atoms with van der Waals surface area (Å²) in [5.74, 6) is -0.0803. The van der Waals surface area contributed by atoms with Crippen LogP contribution >= 0.6 is 11.3 Å². The summed E-state index contributed by atoms with van der Waals surface area (Å²) in [7, 11) is 0. The average Bonchev–Trinajstić information content (AvgIpc) is 3.14. The monoisotopic (exact) mass is 401 g/mol. The topological polar surface area (TPSA) is 62.7 Å². The number of pyridine rings is 1. The van der Waals surface area contributed by atoms with Gasteiger partial charge in [0.2, 0.25) is 5.91 Å². The van der Waals surface area contributed by atoms with Gasteiger partial charge in [-0.1, -0.05) is 0 Å². The molecule has 3 heterocycles. The van der Waals surface area contributed by atoms with Crippen molar-refractivity contribution in [1.29, 1.82) is 0 Å². The highest BCUT2D eigenvalue weighted by Crippen LogP contribution is 2.20. The van der Waals surface area contributed by atoms with Crippen LogP contribution in [0.2, 0.25) is 0 Å². The smallest absolute Gasteiger partial charge is 0.302 e. The number of aromatic nitrogens is 1. The van der Waals surface area contributed by atoms with Crippen molar-refractivity contribution < 1.29 is 14.3 Å². The maximum absolute atomic E-state index is 11.4. The van der Waals surface area contributed by atoms with E-state index < -0.39 is 0 Å². The number of ether oxygens (including phenoxy) is 1. The Morgan fingerprint density at radius 1 is 1.00 bits per heavy atom. The van der Waals surface area contributed by atoms with Gasteiger partial charge in [-0.05, 0) is 37.1 Å². The average molecular weight is 402 g/mol. The highest BCUT2D eigenvalue weighted by atomic mass is 32.1. The fourth-order valence-electron chi connectivity index (χ4n) is 3.27. The summed E-state index contributed by atoms with van der Waals surface area (Å²) in [4.78, 5) is 33.6. The summed E-state index contributed by atoms with van der Waals surface area (Å²) in [6.07, 6.45) is 4.58. The molecule has 1 aliphatic rings. The first-order chi connectivity index (χ1) is 13.5. The maximum atomic E-state index is 11.4. The van der Waals surface area contributed by atoms with E-state index in [-0.39, 0.29) is 11.9 Å². The molecule has 0 aliphatic carbocycles. The van der Waals surface area contributed by atoms with Crippen LogP contribution in [-0.4, -0.2) is 54.5 Å². The number of carbonyl (C=O) groups is 2. The second-order valence-corrected chi connectivity index (χ2v) is 8.21. The molecule has 3 rings (SSSR count). The number of hydrogen-bond donors (Lipinski definition) is 0. The van der Waals surface area contributed by atoms with Crippen molar-refractivity contribution in [2.75, 3.05) is 37.7 Å². The number of anilines is 1. The van der Waals surface area contributed by atoms with Crippen LogP contribution in [0.4, 0.5) is 5.69 Å². The van der Waals surface area contributed by atoms with Crippen LogP contribution in [0.5, 0.6) is 0 Å². The van der Waals surface area contributed by atoms with Crippen LogP contribution in [0.3, 0.4) is 0 Å². The molecular weight excluding hydrogens is 374 g/mol. The summed E-state index contributed by atoms with van der Waals surface area (Å²) in [6.45, 7) is 6.76. The quantitative estimate of drug-likeness (QED) is 0.668. The predicted octanol–water partition coefficient (Wildman–Crippen LogP) is 2.70. The van der Waals surface area contributed by atoms with E-state index in [1.54, 1.807) is 18.3 Å². The third-order valence-corrected chi connectivity index (χ3v) is 6.10. The molecule has 6 nitrogen and oxygen atoms in total. The highest BCUT2D eigenvalue weighted by molar-refractivity contribution is 7.11. The van der Waals surface area contributed by atoms with Crippen molar-refractivity contribution in [2.24, 2.45) is 0 Å². The van der Waals surface area contributed by atoms with E-state index >= 15 is 0 Å². The maximum Gasteiger partial charge on any atom is 0.302 e. The Labute approximate surface area is 170 Å². The van der Waals surface area contributed by atoms with E-state index in [0.29, 0.717) is 6.61 Å². The zero-order chi connectivity index (χ0) is 19.9. The Morgan fingerprint density at radius 3 is 2.32 bits per heavy atom. The molecule has 0 atom stereocenters. The van der Waals surface area contributed by atoms with Gasteiger partial charge in [0.05, 0.1) is 18.5 Å². The molecule has 7 heteroatoms.